The average Bonchev–Trinajstić information content (AvgIpc) is 3.24. The van der Waals surface area contributed by atoms with E-state index in [9.17, 15) is 27.6 Å². The van der Waals surface area contributed by atoms with Gasteiger partial charge in [-0.2, -0.15) is 13.2 Å². The van der Waals surface area contributed by atoms with Gasteiger partial charge in [0.05, 0.1) is 18.4 Å². The van der Waals surface area contributed by atoms with Gasteiger partial charge in [-0.15, -0.1) is 11.3 Å². The summed E-state index contributed by atoms with van der Waals surface area (Å²) in [6, 6.07) is 9.55. The topological polar surface area (TPSA) is 139 Å². The van der Waals surface area contributed by atoms with E-state index < -0.39 is 48.1 Å². The summed E-state index contributed by atoms with van der Waals surface area (Å²) in [5.74, 6) is -5.02. The van der Waals surface area contributed by atoms with Gasteiger partial charge in [-0.25, -0.2) is 4.79 Å². The summed E-state index contributed by atoms with van der Waals surface area (Å²) < 4.78 is 37.9. The van der Waals surface area contributed by atoms with Gasteiger partial charge in [0.15, 0.2) is 5.60 Å². The molecule has 0 saturated carbocycles. The number of likely N-dealkylation sites (N-methyl/N-ethyl adjacent to an activating group) is 1. The zero-order valence-electron chi connectivity index (χ0n) is 19.7. The number of aliphatic hydroxyl groups is 1. The number of rotatable bonds is 12. The van der Waals surface area contributed by atoms with Gasteiger partial charge in [-0.3, -0.25) is 14.5 Å². The third kappa shape index (κ3) is 11.6. The molecule has 1 heterocycles. The molecule has 0 fully saturated rings. The van der Waals surface area contributed by atoms with E-state index in [0.717, 1.165) is 37.3 Å². The van der Waals surface area contributed by atoms with Crippen LogP contribution in [0.3, 0.4) is 0 Å². The van der Waals surface area contributed by atoms with Crippen LogP contribution in [0.2, 0.25) is 0 Å². The maximum Gasteiger partial charge on any atom is 0.416 e. The Morgan fingerprint density at radius 2 is 1.44 bits per heavy atom. The summed E-state index contributed by atoms with van der Waals surface area (Å²) in [5.41, 5.74) is -2.44. The number of hydrogen-bond acceptors (Lipinski definition) is 7. The fourth-order valence-corrected chi connectivity index (χ4v) is 3.70. The highest BCUT2D eigenvalue weighted by atomic mass is 32.1. The van der Waals surface area contributed by atoms with Crippen LogP contribution in [0.4, 0.5) is 13.2 Å². The summed E-state index contributed by atoms with van der Waals surface area (Å²) >= 11 is 1.70. The minimum Gasteiger partial charge on any atom is -0.481 e. The Labute approximate surface area is 210 Å². The molecule has 1 aromatic carbocycles. The summed E-state index contributed by atoms with van der Waals surface area (Å²) in [6.07, 6.45) is -6.57. The lowest BCUT2D eigenvalue weighted by molar-refractivity contribution is -0.170. The van der Waals surface area contributed by atoms with Crippen LogP contribution in [0.5, 0.6) is 0 Å². The van der Waals surface area contributed by atoms with Gasteiger partial charge in [0.25, 0.3) is 0 Å². The fraction of sp³-hybridized carbons (Fsp3) is 0.435. The largest absolute Gasteiger partial charge is 0.481 e. The van der Waals surface area contributed by atoms with Crippen molar-refractivity contribution < 1.29 is 48.0 Å². The molecule has 0 unspecified atom stereocenters. The van der Waals surface area contributed by atoms with Crippen molar-refractivity contribution >= 4 is 29.2 Å². The quantitative estimate of drug-likeness (QED) is 0.324. The zero-order chi connectivity index (χ0) is 27.5. The van der Waals surface area contributed by atoms with E-state index in [0.29, 0.717) is 6.54 Å². The summed E-state index contributed by atoms with van der Waals surface area (Å²) in [4.78, 5) is 36.1. The van der Waals surface area contributed by atoms with E-state index in [2.05, 4.69) is 15.9 Å². The minimum atomic E-state index is -4.28. The second kappa shape index (κ2) is 13.9. The van der Waals surface area contributed by atoms with E-state index in [1.807, 2.05) is 25.5 Å². The number of carboxylic acid groups (broad SMARTS) is 3. The van der Waals surface area contributed by atoms with Crippen molar-refractivity contribution in [1.29, 1.82) is 0 Å². The molecule has 0 aliphatic heterocycles. The zero-order valence-corrected chi connectivity index (χ0v) is 20.6. The van der Waals surface area contributed by atoms with Crippen molar-refractivity contribution in [2.75, 3.05) is 27.2 Å². The standard InChI is InChI=1S/C17H21F3N2S.C6H8O7/c1-21(2)9-10-22(13-16-4-3-11-23-16)12-14-5-7-15(8-6-14)17(18,19)20;7-3(8)1-6(13,5(11)12)2-4(9)10/h3-8,11H,9-10,12-13H2,1-2H3;13H,1-2H2,(H,7,8)(H,9,10)(H,11,12). The molecular formula is C23H29F3N2O7S. The first-order valence-electron chi connectivity index (χ1n) is 10.6. The molecule has 0 saturated heterocycles. The Balaban J connectivity index is 0.000000426. The second-order valence-electron chi connectivity index (χ2n) is 8.27. The molecule has 0 bridgehead atoms. The van der Waals surface area contributed by atoms with Gasteiger partial charge < -0.3 is 25.3 Å². The smallest absolute Gasteiger partial charge is 0.416 e. The molecule has 0 amide bonds. The van der Waals surface area contributed by atoms with Crippen LogP contribution in [0, 0.1) is 0 Å². The van der Waals surface area contributed by atoms with Crippen molar-refractivity contribution in [2.24, 2.45) is 0 Å². The van der Waals surface area contributed by atoms with Gasteiger partial charge in [0, 0.05) is 31.1 Å². The van der Waals surface area contributed by atoms with Crippen LogP contribution >= 0.6 is 11.3 Å². The van der Waals surface area contributed by atoms with Gasteiger partial charge in [-0.05, 0) is 43.2 Å². The number of halogens is 3. The SMILES string of the molecule is CN(C)CCN(Cc1ccc(C(F)(F)F)cc1)Cc1cccs1.O=C(O)CC(O)(CC(=O)O)C(=O)O. The summed E-state index contributed by atoms with van der Waals surface area (Å²) in [7, 11) is 4.03. The first-order chi connectivity index (χ1) is 16.6. The number of hydrogen-bond donors (Lipinski definition) is 4. The molecule has 0 radical (unpaired) electrons. The monoisotopic (exact) mass is 534 g/mol. The maximum absolute atomic E-state index is 12.6. The highest BCUT2D eigenvalue weighted by molar-refractivity contribution is 7.09. The Kier molecular flexibility index (Phi) is 12.0. The second-order valence-corrected chi connectivity index (χ2v) is 9.30. The lowest BCUT2D eigenvalue weighted by Gasteiger charge is -2.24. The lowest BCUT2D eigenvalue weighted by atomic mass is 9.96. The normalized spacial score (nSPS) is 11.8. The molecule has 2 rings (SSSR count). The number of nitrogens with zero attached hydrogens (tertiary/aromatic N) is 2. The first kappa shape index (κ1) is 31.0. The van der Waals surface area contributed by atoms with Crippen molar-refractivity contribution in [1.82, 2.24) is 9.80 Å². The Morgan fingerprint density at radius 3 is 1.83 bits per heavy atom. The molecular weight excluding hydrogens is 505 g/mol. The molecule has 1 aromatic heterocycles. The third-order valence-electron chi connectivity index (χ3n) is 4.80. The number of carbonyl (C=O) groups is 3. The molecule has 9 nitrogen and oxygen atoms in total. The molecule has 0 atom stereocenters. The number of alkyl halides is 3. The lowest BCUT2D eigenvalue weighted by Crippen LogP contribution is -2.42. The summed E-state index contributed by atoms with van der Waals surface area (Å²) in [6.45, 7) is 3.23. The van der Waals surface area contributed by atoms with Crippen LogP contribution in [-0.2, 0) is 33.6 Å². The molecule has 4 N–H and O–H groups in total. The van der Waals surface area contributed by atoms with Crippen LogP contribution in [0.15, 0.2) is 41.8 Å². The number of aliphatic carboxylic acids is 3. The Hall–Kier alpha value is -3.00. The van der Waals surface area contributed by atoms with Gasteiger partial charge >= 0.3 is 24.1 Å². The highest BCUT2D eigenvalue weighted by Gasteiger charge is 2.40. The fourth-order valence-electron chi connectivity index (χ4n) is 2.95. The molecule has 0 spiro atoms. The minimum absolute atomic E-state index is 0.598. The molecule has 0 aliphatic rings. The third-order valence-corrected chi connectivity index (χ3v) is 5.66. The van der Waals surface area contributed by atoms with Crippen LogP contribution in [0.1, 0.15) is 28.8 Å². The van der Waals surface area contributed by atoms with Gasteiger partial charge in [0.1, 0.15) is 0 Å². The Bertz CT molecular complexity index is 965. The van der Waals surface area contributed by atoms with Crippen molar-refractivity contribution in [3.05, 3.63) is 57.8 Å². The molecule has 0 aliphatic carbocycles. The number of benzene rings is 1. The molecule has 36 heavy (non-hydrogen) atoms. The Morgan fingerprint density at radius 1 is 0.889 bits per heavy atom. The van der Waals surface area contributed by atoms with Crippen LogP contribution in [-0.4, -0.2) is 80.9 Å². The maximum atomic E-state index is 12.6. The predicted octanol–water partition coefficient (Wildman–Crippen LogP) is 3.08. The van der Waals surface area contributed by atoms with Gasteiger partial charge in [-0.1, -0.05) is 18.2 Å². The van der Waals surface area contributed by atoms with Crippen molar-refractivity contribution in [3.63, 3.8) is 0 Å². The number of thiophene rings is 1. The summed E-state index contributed by atoms with van der Waals surface area (Å²) in [5, 5.41) is 35.9. The van der Waals surface area contributed by atoms with Gasteiger partial charge in [0.2, 0.25) is 0 Å². The van der Waals surface area contributed by atoms with Crippen molar-refractivity contribution in [2.45, 2.75) is 37.7 Å². The first-order valence-corrected chi connectivity index (χ1v) is 11.5. The van der Waals surface area contributed by atoms with Crippen LogP contribution in [0.25, 0.3) is 0 Å². The molecule has 2 aromatic rings. The molecule has 13 heteroatoms. The average molecular weight is 535 g/mol. The van der Waals surface area contributed by atoms with E-state index >= 15 is 0 Å². The molecule has 200 valence electrons. The van der Waals surface area contributed by atoms with E-state index in [4.69, 9.17) is 20.4 Å². The van der Waals surface area contributed by atoms with E-state index in [-0.39, 0.29) is 0 Å². The van der Waals surface area contributed by atoms with E-state index in [1.165, 1.54) is 4.88 Å². The number of carboxylic acids is 3. The highest BCUT2D eigenvalue weighted by Crippen LogP contribution is 2.29. The predicted molar refractivity (Wildman–Crippen MR) is 126 cm³/mol. The van der Waals surface area contributed by atoms with Crippen LogP contribution < -0.4 is 0 Å². The van der Waals surface area contributed by atoms with E-state index in [1.54, 1.807) is 23.5 Å². The van der Waals surface area contributed by atoms with Crippen molar-refractivity contribution in [3.8, 4) is 0 Å².